The summed E-state index contributed by atoms with van der Waals surface area (Å²) in [6, 6.07) is 6.31. The van der Waals surface area contributed by atoms with Crippen LogP contribution >= 0.6 is 0 Å². The van der Waals surface area contributed by atoms with Gasteiger partial charge in [0.1, 0.15) is 5.75 Å². The molecule has 0 aliphatic carbocycles. The second kappa shape index (κ2) is 5.76. The maximum absolute atomic E-state index is 5.22. The molecule has 0 radical (unpaired) electrons. The lowest BCUT2D eigenvalue weighted by Crippen LogP contribution is -2.18. The van der Waals surface area contributed by atoms with Crippen molar-refractivity contribution in [3.8, 4) is 5.75 Å². The van der Waals surface area contributed by atoms with Crippen molar-refractivity contribution in [2.45, 2.75) is 27.3 Å². The van der Waals surface area contributed by atoms with Crippen LogP contribution in [0.5, 0.6) is 5.75 Å². The fraction of sp³-hybridized carbons (Fsp3) is 0.538. The van der Waals surface area contributed by atoms with Crippen LogP contribution < -0.4 is 10.1 Å². The molecule has 2 nitrogen and oxygen atoms in total. The summed E-state index contributed by atoms with van der Waals surface area (Å²) in [4.78, 5) is 0. The van der Waals surface area contributed by atoms with Gasteiger partial charge in [0.15, 0.2) is 0 Å². The number of ether oxygens (including phenoxy) is 1. The molecule has 0 fully saturated rings. The molecular weight excluding hydrogens is 186 g/mol. The van der Waals surface area contributed by atoms with Crippen LogP contribution in [0.2, 0.25) is 0 Å². The van der Waals surface area contributed by atoms with E-state index in [-0.39, 0.29) is 0 Å². The van der Waals surface area contributed by atoms with Gasteiger partial charge in [-0.3, -0.25) is 0 Å². The Kier molecular flexibility index (Phi) is 4.63. The molecule has 0 amide bonds. The standard InChI is InChI=1S/C13H21NO/c1-10(2)8-14-9-12-5-6-13(15-4)11(3)7-12/h5-7,10,14H,8-9H2,1-4H3. The predicted molar refractivity (Wildman–Crippen MR) is 64.3 cm³/mol. The molecule has 0 heterocycles. The highest BCUT2D eigenvalue weighted by molar-refractivity contribution is 5.36. The summed E-state index contributed by atoms with van der Waals surface area (Å²) < 4.78 is 5.22. The molecule has 0 saturated heterocycles. The van der Waals surface area contributed by atoms with Gasteiger partial charge < -0.3 is 10.1 Å². The smallest absolute Gasteiger partial charge is 0.121 e. The highest BCUT2D eigenvalue weighted by Crippen LogP contribution is 2.18. The molecule has 1 aromatic carbocycles. The second-order valence-corrected chi connectivity index (χ2v) is 4.33. The summed E-state index contributed by atoms with van der Waals surface area (Å²) in [6.07, 6.45) is 0. The molecule has 84 valence electrons. The van der Waals surface area contributed by atoms with Crippen LogP contribution in [0.25, 0.3) is 0 Å². The topological polar surface area (TPSA) is 21.3 Å². The Labute approximate surface area is 92.6 Å². The van der Waals surface area contributed by atoms with Crippen LogP contribution in [0.3, 0.4) is 0 Å². The van der Waals surface area contributed by atoms with Crippen molar-refractivity contribution in [2.75, 3.05) is 13.7 Å². The average Bonchev–Trinajstić information content (AvgIpc) is 2.17. The van der Waals surface area contributed by atoms with E-state index < -0.39 is 0 Å². The first-order valence-electron chi connectivity index (χ1n) is 5.47. The van der Waals surface area contributed by atoms with Gasteiger partial charge in [-0.25, -0.2) is 0 Å². The third-order valence-corrected chi connectivity index (χ3v) is 2.34. The Hall–Kier alpha value is -1.02. The number of methoxy groups -OCH3 is 1. The van der Waals surface area contributed by atoms with Crippen molar-refractivity contribution in [3.05, 3.63) is 29.3 Å². The highest BCUT2D eigenvalue weighted by Gasteiger charge is 2.00. The Balaban J connectivity index is 2.52. The highest BCUT2D eigenvalue weighted by atomic mass is 16.5. The van der Waals surface area contributed by atoms with Crippen molar-refractivity contribution >= 4 is 0 Å². The lowest BCUT2D eigenvalue weighted by Gasteiger charge is -2.09. The summed E-state index contributed by atoms with van der Waals surface area (Å²) in [5.74, 6) is 1.66. The van der Waals surface area contributed by atoms with Crippen LogP contribution in [0.1, 0.15) is 25.0 Å². The van der Waals surface area contributed by atoms with E-state index in [2.05, 4.69) is 38.2 Å². The normalized spacial score (nSPS) is 10.7. The summed E-state index contributed by atoms with van der Waals surface area (Å²) >= 11 is 0. The largest absolute Gasteiger partial charge is 0.496 e. The van der Waals surface area contributed by atoms with E-state index >= 15 is 0 Å². The van der Waals surface area contributed by atoms with Crippen molar-refractivity contribution in [3.63, 3.8) is 0 Å². The fourth-order valence-corrected chi connectivity index (χ4v) is 1.56. The summed E-state index contributed by atoms with van der Waals surface area (Å²) in [6.45, 7) is 8.50. The molecule has 15 heavy (non-hydrogen) atoms. The molecule has 1 aromatic rings. The number of rotatable bonds is 5. The van der Waals surface area contributed by atoms with Gasteiger partial charge in [0.05, 0.1) is 7.11 Å². The van der Waals surface area contributed by atoms with Crippen LogP contribution in [0, 0.1) is 12.8 Å². The van der Waals surface area contributed by atoms with Crippen LogP contribution in [0.4, 0.5) is 0 Å². The number of nitrogens with one attached hydrogen (secondary N) is 1. The quantitative estimate of drug-likeness (QED) is 0.801. The summed E-state index contributed by atoms with van der Waals surface area (Å²) in [5, 5.41) is 3.42. The Morgan fingerprint density at radius 3 is 2.60 bits per heavy atom. The van der Waals surface area contributed by atoms with Crippen LogP contribution in [-0.2, 0) is 6.54 Å². The zero-order valence-corrected chi connectivity index (χ0v) is 10.1. The summed E-state index contributed by atoms with van der Waals surface area (Å²) in [7, 11) is 1.71. The van der Waals surface area contributed by atoms with Gasteiger partial charge in [-0.2, -0.15) is 0 Å². The minimum absolute atomic E-state index is 0.698. The first-order valence-corrected chi connectivity index (χ1v) is 5.47. The van der Waals surface area contributed by atoms with Crippen molar-refractivity contribution in [1.29, 1.82) is 0 Å². The molecule has 0 aliphatic rings. The van der Waals surface area contributed by atoms with Gasteiger partial charge in [-0.1, -0.05) is 26.0 Å². The number of hydrogen-bond acceptors (Lipinski definition) is 2. The van der Waals surface area contributed by atoms with E-state index in [4.69, 9.17) is 4.74 Å². The van der Waals surface area contributed by atoms with Crippen LogP contribution in [0.15, 0.2) is 18.2 Å². The molecular formula is C13H21NO. The molecule has 2 heteroatoms. The molecule has 0 bridgehead atoms. The van der Waals surface area contributed by atoms with Gasteiger partial charge in [-0.05, 0) is 36.6 Å². The van der Waals surface area contributed by atoms with E-state index in [1.165, 1.54) is 11.1 Å². The van der Waals surface area contributed by atoms with E-state index in [1.807, 2.05) is 6.07 Å². The summed E-state index contributed by atoms with van der Waals surface area (Å²) in [5.41, 5.74) is 2.51. The minimum atomic E-state index is 0.698. The van der Waals surface area contributed by atoms with Crippen LogP contribution in [-0.4, -0.2) is 13.7 Å². The Morgan fingerprint density at radius 1 is 1.33 bits per heavy atom. The molecule has 0 saturated carbocycles. The first kappa shape index (κ1) is 12.1. The first-order chi connectivity index (χ1) is 7.13. The maximum atomic E-state index is 5.22. The van der Waals surface area contributed by atoms with Gasteiger partial charge in [-0.15, -0.1) is 0 Å². The lowest BCUT2D eigenvalue weighted by molar-refractivity contribution is 0.411. The maximum Gasteiger partial charge on any atom is 0.121 e. The van der Waals surface area contributed by atoms with E-state index in [0.29, 0.717) is 5.92 Å². The number of hydrogen-bond donors (Lipinski definition) is 1. The van der Waals surface area contributed by atoms with E-state index in [1.54, 1.807) is 7.11 Å². The number of benzene rings is 1. The fourth-order valence-electron chi connectivity index (χ4n) is 1.56. The Morgan fingerprint density at radius 2 is 2.07 bits per heavy atom. The molecule has 1 rings (SSSR count). The van der Waals surface area contributed by atoms with E-state index in [0.717, 1.165) is 18.8 Å². The predicted octanol–water partition coefficient (Wildman–Crippen LogP) is 2.75. The average molecular weight is 207 g/mol. The molecule has 0 spiro atoms. The van der Waals surface area contributed by atoms with E-state index in [9.17, 15) is 0 Å². The van der Waals surface area contributed by atoms with Crippen molar-refractivity contribution in [1.82, 2.24) is 5.32 Å². The third-order valence-electron chi connectivity index (χ3n) is 2.34. The molecule has 0 aromatic heterocycles. The van der Waals surface area contributed by atoms with Gasteiger partial charge in [0.25, 0.3) is 0 Å². The third kappa shape index (κ3) is 3.92. The van der Waals surface area contributed by atoms with Gasteiger partial charge >= 0.3 is 0 Å². The van der Waals surface area contributed by atoms with Gasteiger partial charge in [0.2, 0.25) is 0 Å². The molecule has 1 N–H and O–H groups in total. The van der Waals surface area contributed by atoms with Gasteiger partial charge in [0, 0.05) is 6.54 Å². The SMILES string of the molecule is COc1ccc(CNCC(C)C)cc1C. The zero-order valence-electron chi connectivity index (χ0n) is 10.1. The molecule has 0 aliphatic heterocycles. The lowest BCUT2D eigenvalue weighted by atomic mass is 10.1. The molecule has 0 atom stereocenters. The second-order valence-electron chi connectivity index (χ2n) is 4.33. The van der Waals surface area contributed by atoms with Crippen molar-refractivity contribution < 1.29 is 4.74 Å². The monoisotopic (exact) mass is 207 g/mol. The Bertz CT molecular complexity index is 307. The molecule has 0 unspecified atom stereocenters. The number of aryl methyl sites for hydroxylation is 1. The zero-order chi connectivity index (χ0) is 11.3. The minimum Gasteiger partial charge on any atom is -0.496 e. The van der Waals surface area contributed by atoms with Crippen molar-refractivity contribution in [2.24, 2.45) is 5.92 Å².